The van der Waals surface area contributed by atoms with Crippen LogP contribution in [-0.2, 0) is 11.2 Å². The highest BCUT2D eigenvalue weighted by Gasteiger charge is 2.27. The Morgan fingerprint density at radius 3 is 2.65 bits per heavy atom. The molecule has 0 aliphatic heterocycles. The van der Waals surface area contributed by atoms with E-state index in [4.69, 9.17) is 10.5 Å². The van der Waals surface area contributed by atoms with Crippen molar-refractivity contribution in [3.63, 3.8) is 0 Å². The van der Waals surface area contributed by atoms with Gasteiger partial charge in [-0.3, -0.25) is 4.79 Å². The van der Waals surface area contributed by atoms with Crippen molar-refractivity contribution < 1.29 is 4.74 Å². The van der Waals surface area contributed by atoms with E-state index in [-0.39, 0.29) is 11.7 Å². The summed E-state index contributed by atoms with van der Waals surface area (Å²) in [6.07, 6.45) is 7.36. The first-order chi connectivity index (χ1) is 9.67. The number of aromatic nitrogens is 2. The van der Waals surface area contributed by atoms with Crippen LogP contribution >= 0.6 is 0 Å². The van der Waals surface area contributed by atoms with E-state index in [1.165, 1.54) is 19.3 Å². The van der Waals surface area contributed by atoms with Crippen LogP contribution in [0, 0.1) is 5.92 Å². The van der Waals surface area contributed by atoms with E-state index in [0.717, 1.165) is 19.3 Å². The van der Waals surface area contributed by atoms with Crippen LogP contribution < -0.4 is 11.3 Å². The summed E-state index contributed by atoms with van der Waals surface area (Å²) >= 11 is 0. The molecule has 5 nitrogen and oxygen atoms in total. The van der Waals surface area contributed by atoms with E-state index < -0.39 is 0 Å². The van der Waals surface area contributed by atoms with Gasteiger partial charge in [0.1, 0.15) is 17.7 Å². The molecular weight excluding hydrogens is 254 g/mol. The number of rotatable bonds is 5. The maximum absolute atomic E-state index is 12.1. The van der Waals surface area contributed by atoms with Crippen molar-refractivity contribution >= 4 is 5.82 Å². The molecule has 0 bridgehead atoms. The topological polar surface area (TPSA) is 81.0 Å². The molecule has 5 heteroatoms. The van der Waals surface area contributed by atoms with Crippen molar-refractivity contribution in [2.75, 3.05) is 12.8 Å². The third kappa shape index (κ3) is 3.20. The highest BCUT2D eigenvalue weighted by molar-refractivity contribution is 5.38. The quantitative estimate of drug-likeness (QED) is 0.868. The number of ether oxygens (including phenoxy) is 1. The Bertz CT molecular complexity index is 492. The molecule has 1 saturated carbocycles. The summed E-state index contributed by atoms with van der Waals surface area (Å²) in [5.74, 6) is 1.36. The highest BCUT2D eigenvalue weighted by Crippen LogP contribution is 2.35. The molecule has 1 atom stereocenters. The van der Waals surface area contributed by atoms with Gasteiger partial charge in [0.15, 0.2) is 0 Å². The van der Waals surface area contributed by atoms with Crippen molar-refractivity contribution in [2.24, 2.45) is 5.92 Å². The van der Waals surface area contributed by atoms with Crippen LogP contribution in [0.25, 0.3) is 0 Å². The molecule has 112 valence electrons. The van der Waals surface area contributed by atoms with Gasteiger partial charge in [-0.2, -0.15) is 0 Å². The lowest BCUT2D eigenvalue weighted by Crippen LogP contribution is -2.26. The number of aromatic amines is 1. The van der Waals surface area contributed by atoms with Crippen LogP contribution in [0.5, 0.6) is 0 Å². The third-order valence-corrected chi connectivity index (χ3v) is 4.17. The Balaban J connectivity index is 2.28. The monoisotopic (exact) mass is 279 g/mol. The van der Waals surface area contributed by atoms with Crippen LogP contribution in [-0.4, -0.2) is 17.1 Å². The predicted molar refractivity (Wildman–Crippen MR) is 79.6 cm³/mol. The van der Waals surface area contributed by atoms with E-state index in [2.05, 4.69) is 9.97 Å². The average Bonchev–Trinajstić information content (AvgIpc) is 2.45. The van der Waals surface area contributed by atoms with E-state index in [1.807, 2.05) is 6.92 Å². The minimum Gasteiger partial charge on any atom is -0.383 e. The van der Waals surface area contributed by atoms with Crippen LogP contribution in [0.15, 0.2) is 4.79 Å². The molecule has 1 aromatic rings. The maximum atomic E-state index is 12.1. The van der Waals surface area contributed by atoms with Crippen LogP contribution in [0.3, 0.4) is 0 Å². The first kappa shape index (κ1) is 15.0. The molecule has 20 heavy (non-hydrogen) atoms. The van der Waals surface area contributed by atoms with Crippen molar-refractivity contribution in [1.29, 1.82) is 0 Å². The summed E-state index contributed by atoms with van der Waals surface area (Å²) in [7, 11) is 1.68. The number of nitrogens with one attached hydrogen (secondary N) is 1. The molecule has 0 aromatic carbocycles. The molecule has 1 aromatic heterocycles. The van der Waals surface area contributed by atoms with Gasteiger partial charge in [-0.15, -0.1) is 0 Å². The number of nitrogens with zero attached hydrogens (tertiary/aromatic N) is 1. The SMILES string of the molecule is CCCc1c(N)nc(C(OC)C2CCCCC2)[nH]c1=O. The Hall–Kier alpha value is -1.36. The molecule has 1 unspecified atom stereocenters. The van der Waals surface area contributed by atoms with Gasteiger partial charge in [-0.25, -0.2) is 4.98 Å². The maximum Gasteiger partial charge on any atom is 0.256 e. The standard InChI is InChI=1S/C15H25N3O2/c1-3-7-11-13(16)17-14(18-15(11)19)12(20-2)10-8-5-4-6-9-10/h10,12H,3-9H2,1-2H3,(H3,16,17,18,19). The molecule has 1 aliphatic carbocycles. The summed E-state index contributed by atoms with van der Waals surface area (Å²) in [4.78, 5) is 19.4. The number of anilines is 1. The number of H-pyrrole nitrogens is 1. The Morgan fingerprint density at radius 2 is 2.10 bits per heavy atom. The lowest BCUT2D eigenvalue weighted by atomic mass is 9.85. The molecule has 1 heterocycles. The smallest absolute Gasteiger partial charge is 0.256 e. The second-order valence-electron chi connectivity index (χ2n) is 5.62. The number of nitrogen functional groups attached to an aromatic ring is 1. The Morgan fingerprint density at radius 1 is 1.40 bits per heavy atom. The molecule has 2 rings (SSSR count). The lowest BCUT2D eigenvalue weighted by molar-refractivity contribution is 0.0288. The van der Waals surface area contributed by atoms with Gasteiger partial charge < -0.3 is 15.5 Å². The molecule has 3 N–H and O–H groups in total. The average molecular weight is 279 g/mol. The normalized spacial score (nSPS) is 18.1. The van der Waals surface area contributed by atoms with E-state index >= 15 is 0 Å². The minimum atomic E-state index is -0.152. The number of hydrogen-bond donors (Lipinski definition) is 2. The fourth-order valence-electron chi connectivity index (χ4n) is 3.12. The Labute approximate surface area is 119 Å². The molecule has 0 spiro atoms. The second kappa shape index (κ2) is 6.88. The summed E-state index contributed by atoms with van der Waals surface area (Å²) in [5, 5.41) is 0. The van der Waals surface area contributed by atoms with E-state index in [0.29, 0.717) is 29.5 Å². The molecule has 1 fully saturated rings. The summed E-state index contributed by atoms with van der Waals surface area (Å²) in [5.41, 5.74) is 6.42. The number of nitrogens with two attached hydrogens (primary N) is 1. The van der Waals surface area contributed by atoms with Gasteiger partial charge in [0.05, 0.1) is 5.56 Å². The molecule has 1 aliphatic rings. The van der Waals surface area contributed by atoms with Gasteiger partial charge in [0.25, 0.3) is 5.56 Å². The predicted octanol–water partition coefficient (Wildman–Crippen LogP) is 2.57. The van der Waals surface area contributed by atoms with Crippen LogP contribution in [0.2, 0.25) is 0 Å². The third-order valence-electron chi connectivity index (χ3n) is 4.17. The van der Waals surface area contributed by atoms with Crippen molar-refractivity contribution in [1.82, 2.24) is 9.97 Å². The fourth-order valence-corrected chi connectivity index (χ4v) is 3.12. The van der Waals surface area contributed by atoms with Crippen LogP contribution in [0.1, 0.15) is 62.9 Å². The first-order valence-electron chi connectivity index (χ1n) is 7.58. The molecule has 0 radical (unpaired) electrons. The van der Waals surface area contributed by atoms with Gasteiger partial charge >= 0.3 is 0 Å². The molecule has 0 saturated heterocycles. The van der Waals surface area contributed by atoms with Crippen molar-refractivity contribution in [3.05, 3.63) is 21.7 Å². The summed E-state index contributed by atoms with van der Waals surface area (Å²) in [6, 6.07) is 0. The lowest BCUT2D eigenvalue weighted by Gasteiger charge is -2.28. The zero-order chi connectivity index (χ0) is 14.5. The zero-order valence-corrected chi connectivity index (χ0v) is 12.4. The first-order valence-corrected chi connectivity index (χ1v) is 7.58. The largest absolute Gasteiger partial charge is 0.383 e. The minimum absolute atomic E-state index is 0.118. The van der Waals surface area contributed by atoms with Gasteiger partial charge in [0, 0.05) is 7.11 Å². The molecular formula is C15H25N3O2. The fraction of sp³-hybridized carbons (Fsp3) is 0.733. The zero-order valence-electron chi connectivity index (χ0n) is 12.4. The van der Waals surface area contributed by atoms with E-state index in [9.17, 15) is 4.79 Å². The van der Waals surface area contributed by atoms with Gasteiger partial charge in [-0.05, 0) is 25.2 Å². The summed E-state index contributed by atoms with van der Waals surface area (Å²) < 4.78 is 5.60. The van der Waals surface area contributed by atoms with Gasteiger partial charge in [0.2, 0.25) is 0 Å². The number of methoxy groups -OCH3 is 1. The van der Waals surface area contributed by atoms with Crippen molar-refractivity contribution in [2.45, 2.75) is 58.0 Å². The second-order valence-corrected chi connectivity index (χ2v) is 5.62. The van der Waals surface area contributed by atoms with Crippen molar-refractivity contribution in [3.8, 4) is 0 Å². The number of hydrogen-bond acceptors (Lipinski definition) is 4. The van der Waals surface area contributed by atoms with Crippen LogP contribution in [0.4, 0.5) is 5.82 Å². The Kier molecular flexibility index (Phi) is 5.17. The molecule has 0 amide bonds. The van der Waals surface area contributed by atoms with Gasteiger partial charge in [-0.1, -0.05) is 32.6 Å². The summed E-state index contributed by atoms with van der Waals surface area (Å²) in [6.45, 7) is 2.02. The van der Waals surface area contributed by atoms with E-state index in [1.54, 1.807) is 7.11 Å². The highest BCUT2D eigenvalue weighted by atomic mass is 16.5.